The topological polar surface area (TPSA) is 48.7 Å². The molecule has 0 atom stereocenters. The highest BCUT2D eigenvalue weighted by Gasteiger charge is 2.19. The first-order chi connectivity index (χ1) is 8.08. The lowest BCUT2D eigenvalue weighted by Gasteiger charge is -2.15. The minimum atomic E-state index is -0.466. The Labute approximate surface area is 102 Å². The quantitative estimate of drug-likeness (QED) is 0.543. The maximum absolute atomic E-state index is 12.0. The van der Waals surface area contributed by atoms with Gasteiger partial charge in [-0.2, -0.15) is 0 Å². The number of furan rings is 1. The van der Waals surface area contributed by atoms with Crippen LogP contribution in [0.4, 0.5) is 0 Å². The minimum absolute atomic E-state index is 0.00810. The van der Waals surface area contributed by atoms with Crippen molar-refractivity contribution in [3.63, 3.8) is 0 Å². The average molecular weight is 240 g/mol. The summed E-state index contributed by atoms with van der Waals surface area (Å²) in [5.74, 6) is 1.39. The molecule has 0 fully saturated rings. The number of ketones is 1. The van der Waals surface area contributed by atoms with E-state index in [0.29, 0.717) is 24.5 Å². The smallest absolute Gasteiger partial charge is 0.171 e. The van der Waals surface area contributed by atoms with Crippen molar-refractivity contribution >= 4 is 5.78 Å². The second-order valence-electron chi connectivity index (χ2n) is 3.79. The SMILES string of the molecule is CCOC(CC(=O)c1cc(C)oc1C)OCC. The van der Waals surface area contributed by atoms with E-state index in [9.17, 15) is 4.79 Å². The Hall–Kier alpha value is -1.13. The highest BCUT2D eigenvalue weighted by molar-refractivity contribution is 5.97. The van der Waals surface area contributed by atoms with Gasteiger partial charge in [0.15, 0.2) is 12.1 Å². The molecule has 0 aromatic carbocycles. The normalized spacial score (nSPS) is 11.1. The maximum Gasteiger partial charge on any atom is 0.171 e. The molecule has 0 aliphatic heterocycles. The number of Topliss-reactive ketones (excluding diaryl/α,β-unsaturated/α-hetero) is 1. The molecule has 0 spiro atoms. The number of aryl methyl sites for hydroxylation is 2. The summed E-state index contributed by atoms with van der Waals surface area (Å²) in [5, 5.41) is 0. The minimum Gasteiger partial charge on any atom is -0.466 e. The van der Waals surface area contributed by atoms with Crippen molar-refractivity contribution in [3.8, 4) is 0 Å². The third-order valence-corrected chi connectivity index (χ3v) is 2.40. The number of hydrogen-bond donors (Lipinski definition) is 0. The summed E-state index contributed by atoms with van der Waals surface area (Å²) in [5.41, 5.74) is 0.618. The monoisotopic (exact) mass is 240 g/mol. The van der Waals surface area contributed by atoms with E-state index in [0.717, 1.165) is 5.76 Å². The molecule has 0 saturated carbocycles. The molecule has 0 saturated heterocycles. The van der Waals surface area contributed by atoms with Crippen molar-refractivity contribution in [3.05, 3.63) is 23.2 Å². The Balaban J connectivity index is 2.66. The zero-order valence-corrected chi connectivity index (χ0v) is 10.9. The van der Waals surface area contributed by atoms with Gasteiger partial charge in [-0.25, -0.2) is 0 Å². The van der Waals surface area contributed by atoms with E-state index in [4.69, 9.17) is 13.9 Å². The molecule has 96 valence electrons. The molecule has 0 aliphatic rings. The molecule has 17 heavy (non-hydrogen) atoms. The van der Waals surface area contributed by atoms with Crippen molar-refractivity contribution in [2.45, 2.75) is 40.4 Å². The average Bonchev–Trinajstić information content (AvgIpc) is 2.58. The Kier molecular flexibility index (Phi) is 5.38. The molecular formula is C13H20O4. The van der Waals surface area contributed by atoms with Crippen LogP contribution in [0.25, 0.3) is 0 Å². The predicted molar refractivity (Wildman–Crippen MR) is 64.2 cm³/mol. The molecule has 1 aromatic heterocycles. The molecule has 1 rings (SSSR count). The molecule has 0 aliphatic carbocycles. The number of ether oxygens (including phenoxy) is 2. The van der Waals surface area contributed by atoms with Gasteiger partial charge in [-0.05, 0) is 33.8 Å². The van der Waals surface area contributed by atoms with Gasteiger partial charge in [0.2, 0.25) is 0 Å². The van der Waals surface area contributed by atoms with Gasteiger partial charge >= 0.3 is 0 Å². The van der Waals surface area contributed by atoms with Crippen molar-refractivity contribution in [2.75, 3.05) is 13.2 Å². The molecule has 0 unspecified atom stereocenters. The van der Waals surface area contributed by atoms with Crippen molar-refractivity contribution in [2.24, 2.45) is 0 Å². The molecule has 4 nitrogen and oxygen atoms in total. The first-order valence-corrected chi connectivity index (χ1v) is 5.91. The van der Waals surface area contributed by atoms with Gasteiger partial charge in [-0.1, -0.05) is 0 Å². The highest BCUT2D eigenvalue weighted by Crippen LogP contribution is 2.17. The highest BCUT2D eigenvalue weighted by atomic mass is 16.7. The molecule has 1 heterocycles. The lowest BCUT2D eigenvalue weighted by atomic mass is 10.1. The van der Waals surface area contributed by atoms with Crippen molar-refractivity contribution < 1.29 is 18.7 Å². The Morgan fingerprint density at radius 2 is 1.88 bits per heavy atom. The molecule has 0 bridgehead atoms. The fourth-order valence-electron chi connectivity index (χ4n) is 1.71. The van der Waals surface area contributed by atoms with Crippen LogP contribution in [-0.4, -0.2) is 25.3 Å². The summed E-state index contributed by atoms with van der Waals surface area (Å²) in [6.45, 7) is 8.43. The van der Waals surface area contributed by atoms with Gasteiger partial charge in [0, 0.05) is 13.2 Å². The van der Waals surface area contributed by atoms with Gasteiger partial charge in [0.05, 0.1) is 12.0 Å². The van der Waals surface area contributed by atoms with Crippen molar-refractivity contribution in [1.82, 2.24) is 0 Å². The molecular weight excluding hydrogens is 220 g/mol. The fraction of sp³-hybridized carbons (Fsp3) is 0.615. The summed E-state index contributed by atoms with van der Waals surface area (Å²) in [7, 11) is 0. The van der Waals surface area contributed by atoms with Crippen LogP contribution in [0.1, 0.15) is 42.1 Å². The summed E-state index contributed by atoms with van der Waals surface area (Å²) < 4.78 is 16.0. The van der Waals surface area contributed by atoms with Crippen LogP contribution >= 0.6 is 0 Å². The molecule has 0 N–H and O–H groups in total. The van der Waals surface area contributed by atoms with Crippen LogP contribution in [0.3, 0.4) is 0 Å². The van der Waals surface area contributed by atoms with E-state index < -0.39 is 6.29 Å². The van der Waals surface area contributed by atoms with E-state index in [2.05, 4.69) is 0 Å². The Morgan fingerprint density at radius 1 is 1.29 bits per heavy atom. The first kappa shape index (κ1) is 13.9. The van der Waals surface area contributed by atoms with Crippen LogP contribution in [0.5, 0.6) is 0 Å². The standard InChI is InChI=1S/C13H20O4/c1-5-15-13(16-6-2)8-12(14)11-7-9(3)17-10(11)4/h7,13H,5-6,8H2,1-4H3. The number of carbonyl (C=O) groups is 1. The second kappa shape index (κ2) is 6.57. The third-order valence-electron chi connectivity index (χ3n) is 2.40. The predicted octanol–water partition coefficient (Wildman–Crippen LogP) is 2.87. The van der Waals surface area contributed by atoms with Crippen LogP contribution in [0.2, 0.25) is 0 Å². The Morgan fingerprint density at radius 3 is 2.29 bits per heavy atom. The van der Waals surface area contributed by atoms with Gasteiger partial charge in [0.25, 0.3) is 0 Å². The lowest BCUT2D eigenvalue weighted by Crippen LogP contribution is -2.21. The summed E-state index contributed by atoms with van der Waals surface area (Å²) in [4.78, 5) is 12.0. The second-order valence-corrected chi connectivity index (χ2v) is 3.79. The summed E-state index contributed by atoms with van der Waals surface area (Å²) >= 11 is 0. The zero-order chi connectivity index (χ0) is 12.8. The molecule has 0 amide bonds. The first-order valence-electron chi connectivity index (χ1n) is 5.91. The van der Waals surface area contributed by atoms with Crippen LogP contribution in [-0.2, 0) is 9.47 Å². The van der Waals surface area contributed by atoms with Crippen LogP contribution in [0.15, 0.2) is 10.5 Å². The lowest BCUT2D eigenvalue weighted by molar-refractivity contribution is -0.133. The van der Waals surface area contributed by atoms with Crippen LogP contribution < -0.4 is 0 Å². The fourth-order valence-corrected chi connectivity index (χ4v) is 1.71. The van der Waals surface area contributed by atoms with Gasteiger partial charge in [0.1, 0.15) is 11.5 Å². The summed E-state index contributed by atoms with van der Waals surface area (Å²) in [6.07, 6.45) is -0.242. The molecule has 0 radical (unpaired) electrons. The van der Waals surface area contributed by atoms with Gasteiger partial charge < -0.3 is 13.9 Å². The molecule has 4 heteroatoms. The van der Waals surface area contributed by atoms with E-state index >= 15 is 0 Å². The number of carbonyl (C=O) groups excluding carboxylic acids is 1. The number of hydrogen-bond acceptors (Lipinski definition) is 4. The Bertz CT molecular complexity index is 361. The van der Waals surface area contributed by atoms with Crippen molar-refractivity contribution in [1.29, 1.82) is 0 Å². The van der Waals surface area contributed by atoms with E-state index in [1.807, 2.05) is 20.8 Å². The summed E-state index contributed by atoms with van der Waals surface area (Å²) in [6, 6.07) is 1.76. The van der Waals surface area contributed by atoms with E-state index in [1.54, 1.807) is 13.0 Å². The number of rotatable bonds is 7. The van der Waals surface area contributed by atoms with Crippen LogP contribution in [0, 0.1) is 13.8 Å². The zero-order valence-electron chi connectivity index (χ0n) is 10.9. The third kappa shape index (κ3) is 3.98. The van der Waals surface area contributed by atoms with E-state index in [-0.39, 0.29) is 12.2 Å². The maximum atomic E-state index is 12.0. The van der Waals surface area contributed by atoms with E-state index in [1.165, 1.54) is 0 Å². The largest absolute Gasteiger partial charge is 0.466 e. The van der Waals surface area contributed by atoms with Gasteiger partial charge in [-0.3, -0.25) is 4.79 Å². The molecule has 1 aromatic rings. The van der Waals surface area contributed by atoms with Gasteiger partial charge in [-0.15, -0.1) is 0 Å².